The fraction of sp³-hybridized carbons (Fsp3) is 0.364. The van der Waals surface area contributed by atoms with E-state index in [1.807, 2.05) is 19.1 Å². The molecule has 1 aliphatic rings. The summed E-state index contributed by atoms with van der Waals surface area (Å²) in [6, 6.07) is 15.3. The predicted octanol–water partition coefficient (Wildman–Crippen LogP) is 2.83. The lowest BCUT2D eigenvalue weighted by molar-refractivity contribution is -0.134. The van der Waals surface area contributed by atoms with E-state index in [0.29, 0.717) is 18.1 Å². The van der Waals surface area contributed by atoms with Crippen molar-refractivity contribution in [2.24, 2.45) is 0 Å². The summed E-state index contributed by atoms with van der Waals surface area (Å²) in [4.78, 5) is 26.6. The molecule has 9 heteroatoms. The molecule has 1 N–H and O–H groups in total. The maximum atomic E-state index is 12.7. The second kappa shape index (κ2) is 10.3. The van der Waals surface area contributed by atoms with E-state index in [0.717, 1.165) is 5.56 Å². The number of piperazine rings is 1. The van der Waals surface area contributed by atoms with E-state index < -0.39 is 10.0 Å². The van der Waals surface area contributed by atoms with Gasteiger partial charge < -0.3 is 10.2 Å². The van der Waals surface area contributed by atoms with Crippen molar-refractivity contribution in [3.05, 3.63) is 65.2 Å². The Bertz CT molecular complexity index is 1020. The van der Waals surface area contributed by atoms with Crippen LogP contribution in [0.25, 0.3) is 0 Å². The molecule has 0 bridgehead atoms. The lowest BCUT2D eigenvalue weighted by Gasteiger charge is -2.34. The van der Waals surface area contributed by atoms with Gasteiger partial charge in [-0.3, -0.25) is 9.59 Å². The third-order valence-electron chi connectivity index (χ3n) is 5.26. The first-order valence-corrected chi connectivity index (χ1v) is 12.0. The number of rotatable bonds is 7. The minimum atomic E-state index is -3.56. The SMILES string of the molecule is CC(NC(=O)CCC(=O)N1CCN(S(=O)(=O)c2ccccc2)CC1)c1cccc(Cl)c1. The third kappa shape index (κ3) is 6.06. The van der Waals surface area contributed by atoms with Crippen molar-refractivity contribution in [1.82, 2.24) is 14.5 Å². The third-order valence-corrected chi connectivity index (χ3v) is 7.41. The summed E-state index contributed by atoms with van der Waals surface area (Å²) < 4.78 is 26.8. The van der Waals surface area contributed by atoms with Crippen LogP contribution in [0.3, 0.4) is 0 Å². The molecule has 1 aliphatic heterocycles. The van der Waals surface area contributed by atoms with Gasteiger partial charge >= 0.3 is 0 Å². The molecule has 2 aromatic carbocycles. The lowest BCUT2D eigenvalue weighted by atomic mass is 10.1. The first-order chi connectivity index (χ1) is 14.8. The van der Waals surface area contributed by atoms with Crippen LogP contribution in [0.1, 0.15) is 31.4 Å². The summed E-state index contributed by atoms with van der Waals surface area (Å²) in [6.45, 7) is 2.95. The Hall–Kier alpha value is -2.42. The molecule has 0 aliphatic carbocycles. The van der Waals surface area contributed by atoms with Crippen LogP contribution in [0.2, 0.25) is 5.02 Å². The molecular formula is C22H26ClN3O4S. The van der Waals surface area contributed by atoms with Crippen molar-refractivity contribution in [3.8, 4) is 0 Å². The maximum Gasteiger partial charge on any atom is 0.243 e. The van der Waals surface area contributed by atoms with E-state index >= 15 is 0 Å². The van der Waals surface area contributed by atoms with Crippen LogP contribution in [0, 0.1) is 0 Å². The van der Waals surface area contributed by atoms with E-state index in [1.165, 1.54) is 4.31 Å². The molecular weight excluding hydrogens is 438 g/mol. The molecule has 0 saturated carbocycles. The number of sulfonamides is 1. The largest absolute Gasteiger partial charge is 0.350 e. The Morgan fingerprint density at radius 1 is 1.00 bits per heavy atom. The van der Waals surface area contributed by atoms with Gasteiger partial charge in [0.15, 0.2) is 0 Å². The molecule has 3 rings (SSSR count). The number of amides is 2. The van der Waals surface area contributed by atoms with Crippen molar-refractivity contribution in [2.45, 2.75) is 30.7 Å². The maximum absolute atomic E-state index is 12.7. The average Bonchev–Trinajstić information content (AvgIpc) is 2.78. The van der Waals surface area contributed by atoms with Crippen LogP contribution in [0.4, 0.5) is 0 Å². The Morgan fingerprint density at radius 2 is 1.68 bits per heavy atom. The highest BCUT2D eigenvalue weighted by Gasteiger charge is 2.30. The predicted molar refractivity (Wildman–Crippen MR) is 119 cm³/mol. The number of benzene rings is 2. The molecule has 166 valence electrons. The standard InChI is InChI=1S/C22H26ClN3O4S/c1-17(18-6-5-7-19(23)16-18)24-21(27)10-11-22(28)25-12-14-26(15-13-25)31(29,30)20-8-3-2-4-9-20/h2-9,16-17H,10-15H2,1H3,(H,24,27). The van der Waals surface area contributed by atoms with Crippen LogP contribution in [-0.4, -0.2) is 55.6 Å². The summed E-state index contributed by atoms with van der Waals surface area (Å²) >= 11 is 5.98. The molecule has 7 nitrogen and oxygen atoms in total. The highest BCUT2D eigenvalue weighted by atomic mass is 35.5. The number of hydrogen-bond donors (Lipinski definition) is 1. The fourth-order valence-electron chi connectivity index (χ4n) is 3.47. The Kier molecular flexibility index (Phi) is 7.69. The zero-order chi connectivity index (χ0) is 22.4. The molecule has 1 saturated heterocycles. The molecule has 0 radical (unpaired) electrons. The highest BCUT2D eigenvalue weighted by molar-refractivity contribution is 7.89. The minimum Gasteiger partial charge on any atom is -0.350 e. The molecule has 1 fully saturated rings. The molecule has 1 heterocycles. The Labute approximate surface area is 188 Å². The van der Waals surface area contributed by atoms with Crippen LogP contribution in [0.15, 0.2) is 59.5 Å². The molecule has 1 atom stereocenters. The van der Waals surface area contributed by atoms with Crippen molar-refractivity contribution in [2.75, 3.05) is 26.2 Å². The second-order valence-corrected chi connectivity index (χ2v) is 9.82. The van der Waals surface area contributed by atoms with Gasteiger partial charge in [0, 0.05) is 44.0 Å². The summed E-state index contributed by atoms with van der Waals surface area (Å²) in [5.41, 5.74) is 0.892. The van der Waals surface area contributed by atoms with Crippen LogP contribution in [-0.2, 0) is 19.6 Å². The fourth-order valence-corrected chi connectivity index (χ4v) is 5.11. The van der Waals surface area contributed by atoms with E-state index in [9.17, 15) is 18.0 Å². The van der Waals surface area contributed by atoms with Gasteiger partial charge in [0.1, 0.15) is 0 Å². The average molecular weight is 464 g/mol. The Balaban J connectivity index is 1.45. The first kappa shape index (κ1) is 23.2. The number of nitrogens with one attached hydrogen (secondary N) is 1. The quantitative estimate of drug-likeness (QED) is 0.684. The Morgan fingerprint density at radius 3 is 2.32 bits per heavy atom. The number of carbonyl (C=O) groups excluding carboxylic acids is 2. The van der Waals surface area contributed by atoms with Crippen LogP contribution in [0.5, 0.6) is 0 Å². The molecule has 2 aromatic rings. The van der Waals surface area contributed by atoms with Gasteiger partial charge in [0.2, 0.25) is 21.8 Å². The van der Waals surface area contributed by atoms with Gasteiger partial charge in [-0.15, -0.1) is 0 Å². The molecule has 2 amide bonds. The van der Waals surface area contributed by atoms with Crippen LogP contribution >= 0.6 is 11.6 Å². The summed E-state index contributed by atoms with van der Waals surface area (Å²) in [5, 5.41) is 3.47. The zero-order valence-electron chi connectivity index (χ0n) is 17.3. The number of halogens is 1. The monoisotopic (exact) mass is 463 g/mol. The van der Waals surface area contributed by atoms with Gasteiger partial charge in [-0.05, 0) is 36.8 Å². The number of carbonyl (C=O) groups is 2. The first-order valence-electron chi connectivity index (χ1n) is 10.1. The summed E-state index contributed by atoms with van der Waals surface area (Å²) in [6.07, 6.45) is 0.159. The van der Waals surface area contributed by atoms with E-state index in [2.05, 4.69) is 5.32 Å². The number of hydrogen-bond acceptors (Lipinski definition) is 4. The van der Waals surface area contributed by atoms with Crippen LogP contribution < -0.4 is 5.32 Å². The van der Waals surface area contributed by atoms with Gasteiger partial charge in [0.05, 0.1) is 10.9 Å². The van der Waals surface area contributed by atoms with Crippen molar-refractivity contribution in [1.29, 1.82) is 0 Å². The van der Waals surface area contributed by atoms with E-state index in [1.54, 1.807) is 47.4 Å². The zero-order valence-corrected chi connectivity index (χ0v) is 18.9. The van der Waals surface area contributed by atoms with E-state index in [-0.39, 0.29) is 48.7 Å². The summed E-state index contributed by atoms with van der Waals surface area (Å²) in [7, 11) is -3.56. The molecule has 1 unspecified atom stereocenters. The van der Waals surface area contributed by atoms with E-state index in [4.69, 9.17) is 11.6 Å². The van der Waals surface area contributed by atoms with Gasteiger partial charge in [-0.1, -0.05) is 41.9 Å². The molecule has 0 spiro atoms. The van der Waals surface area contributed by atoms with Gasteiger partial charge in [-0.25, -0.2) is 8.42 Å². The summed E-state index contributed by atoms with van der Waals surface area (Å²) in [5.74, 6) is -0.367. The smallest absolute Gasteiger partial charge is 0.243 e. The highest BCUT2D eigenvalue weighted by Crippen LogP contribution is 2.19. The topological polar surface area (TPSA) is 86.8 Å². The van der Waals surface area contributed by atoms with Gasteiger partial charge in [-0.2, -0.15) is 4.31 Å². The minimum absolute atomic E-state index is 0.0757. The van der Waals surface area contributed by atoms with Crippen molar-refractivity contribution < 1.29 is 18.0 Å². The second-order valence-electron chi connectivity index (χ2n) is 7.44. The lowest BCUT2D eigenvalue weighted by Crippen LogP contribution is -2.50. The number of nitrogens with zero attached hydrogens (tertiary/aromatic N) is 2. The molecule has 0 aromatic heterocycles. The van der Waals surface area contributed by atoms with Gasteiger partial charge in [0.25, 0.3) is 0 Å². The molecule has 31 heavy (non-hydrogen) atoms. The van der Waals surface area contributed by atoms with Crippen molar-refractivity contribution >= 4 is 33.4 Å². The van der Waals surface area contributed by atoms with Crippen molar-refractivity contribution in [3.63, 3.8) is 0 Å². The normalized spacial score (nSPS) is 16.0.